The van der Waals surface area contributed by atoms with Crippen LogP contribution in [0.25, 0.3) is 0 Å². The number of rotatable bonds is 12. The van der Waals surface area contributed by atoms with Gasteiger partial charge in [-0.25, -0.2) is 0 Å². The molecule has 2 heterocycles. The Balaban J connectivity index is 1.23. The van der Waals surface area contributed by atoms with Gasteiger partial charge in [0.15, 0.2) is 24.8 Å². The number of hydrogen-bond donors (Lipinski definition) is 8. The van der Waals surface area contributed by atoms with E-state index in [9.17, 15) is 50.4 Å². The summed E-state index contributed by atoms with van der Waals surface area (Å²) in [7, 11) is 0. The summed E-state index contributed by atoms with van der Waals surface area (Å²) in [6.45, 7) is 15.8. The van der Waals surface area contributed by atoms with E-state index in [1.807, 2.05) is 0 Å². The van der Waals surface area contributed by atoms with Gasteiger partial charge in [0, 0.05) is 13.8 Å². The summed E-state index contributed by atoms with van der Waals surface area (Å²) in [5, 5.41) is 87.0. The van der Waals surface area contributed by atoms with Gasteiger partial charge in [-0.2, -0.15) is 0 Å². The molecule has 7 aliphatic rings. The number of aliphatic hydroxyl groups excluding tert-OH is 7. The lowest BCUT2D eigenvalue weighted by Crippen LogP contribution is -2.65. The minimum absolute atomic E-state index is 0.0587. The van der Waals surface area contributed by atoms with Gasteiger partial charge in [0.05, 0.1) is 43.2 Å². The molecule has 16 nitrogen and oxygen atoms in total. The fraction of sp³-hybridized carbons (Fsp3) is 0.956. The van der Waals surface area contributed by atoms with Crippen molar-refractivity contribution in [1.82, 2.24) is 0 Å². The molecule has 0 radical (unpaired) electrons. The molecule has 0 aromatic rings. The van der Waals surface area contributed by atoms with Crippen LogP contribution in [0.15, 0.2) is 0 Å². The molecule has 350 valence electrons. The molecule has 0 aromatic carbocycles. The van der Waals surface area contributed by atoms with E-state index < -0.39 is 109 Å². The van der Waals surface area contributed by atoms with Crippen molar-refractivity contribution in [2.75, 3.05) is 13.2 Å². The van der Waals surface area contributed by atoms with Crippen LogP contribution in [0.1, 0.15) is 120 Å². The first-order chi connectivity index (χ1) is 28.3. The summed E-state index contributed by atoms with van der Waals surface area (Å²) in [5.74, 6) is -1.47. The van der Waals surface area contributed by atoms with Crippen LogP contribution < -0.4 is 0 Å². The fourth-order valence-corrected chi connectivity index (χ4v) is 14.8. The first kappa shape index (κ1) is 47.4. The van der Waals surface area contributed by atoms with Crippen LogP contribution in [0, 0.1) is 50.7 Å². The van der Waals surface area contributed by atoms with E-state index in [0.29, 0.717) is 32.1 Å². The van der Waals surface area contributed by atoms with Gasteiger partial charge >= 0.3 is 11.9 Å². The Morgan fingerprint density at radius 2 is 1.48 bits per heavy atom. The zero-order valence-corrected chi connectivity index (χ0v) is 37.4. The molecule has 0 aromatic heterocycles. The lowest BCUT2D eigenvalue weighted by Gasteiger charge is -2.65. The van der Waals surface area contributed by atoms with Gasteiger partial charge in [0.2, 0.25) is 0 Å². The zero-order valence-electron chi connectivity index (χ0n) is 37.4. The van der Waals surface area contributed by atoms with Gasteiger partial charge in [-0.05, 0) is 122 Å². The van der Waals surface area contributed by atoms with Crippen LogP contribution in [-0.2, 0) is 38.0 Å². The first-order valence-electron chi connectivity index (χ1n) is 22.6. The summed E-state index contributed by atoms with van der Waals surface area (Å²) < 4.78 is 36.8. The predicted molar refractivity (Wildman–Crippen MR) is 215 cm³/mol. The molecule has 16 heteroatoms. The third-order valence-electron chi connectivity index (χ3n) is 17.8. The highest BCUT2D eigenvalue weighted by Crippen LogP contribution is 2.89. The summed E-state index contributed by atoms with van der Waals surface area (Å²) in [5.41, 5.74) is -2.91. The minimum Gasteiger partial charge on any atom is -0.455 e. The van der Waals surface area contributed by atoms with Crippen molar-refractivity contribution in [2.45, 2.75) is 205 Å². The number of esters is 2. The van der Waals surface area contributed by atoms with E-state index in [4.69, 9.17) is 28.4 Å². The topological polar surface area (TPSA) is 251 Å². The van der Waals surface area contributed by atoms with Crippen molar-refractivity contribution in [3.8, 4) is 0 Å². The lowest BCUT2D eigenvalue weighted by atomic mass is 9.41. The Morgan fingerprint density at radius 1 is 0.820 bits per heavy atom. The van der Waals surface area contributed by atoms with E-state index in [1.165, 1.54) is 13.8 Å². The monoisotopic (exact) mass is 870 g/mol. The normalized spacial score (nSPS) is 50.0. The molecular weight excluding hydrogens is 796 g/mol. The number of aliphatic hydroxyl groups is 8. The molecule has 0 bridgehead atoms. The average molecular weight is 871 g/mol. The number of ether oxygens (including phenoxy) is 6. The fourth-order valence-electron chi connectivity index (χ4n) is 14.8. The summed E-state index contributed by atoms with van der Waals surface area (Å²) >= 11 is 0. The van der Waals surface area contributed by atoms with E-state index >= 15 is 0 Å². The molecule has 5 saturated carbocycles. The van der Waals surface area contributed by atoms with Crippen molar-refractivity contribution in [3.63, 3.8) is 0 Å². The molecular formula is C45H74O16. The number of carbonyl (C=O) groups excluding carboxylic acids is 2. The largest absolute Gasteiger partial charge is 0.455 e. The number of hydrogen-bond acceptors (Lipinski definition) is 16. The van der Waals surface area contributed by atoms with Crippen LogP contribution in [0.2, 0.25) is 0 Å². The highest BCUT2D eigenvalue weighted by molar-refractivity contribution is 5.67. The van der Waals surface area contributed by atoms with Gasteiger partial charge < -0.3 is 69.3 Å². The van der Waals surface area contributed by atoms with Crippen molar-refractivity contribution in [1.29, 1.82) is 0 Å². The average Bonchev–Trinajstić information content (AvgIpc) is 3.76. The van der Waals surface area contributed by atoms with Crippen molar-refractivity contribution < 1.29 is 78.9 Å². The maximum Gasteiger partial charge on any atom is 0.303 e. The van der Waals surface area contributed by atoms with E-state index in [1.54, 1.807) is 13.8 Å². The summed E-state index contributed by atoms with van der Waals surface area (Å²) in [6.07, 6.45) is -8.64. The van der Waals surface area contributed by atoms with Crippen LogP contribution in [-0.4, -0.2) is 151 Å². The van der Waals surface area contributed by atoms with Gasteiger partial charge in [-0.3, -0.25) is 9.59 Å². The zero-order chi connectivity index (χ0) is 45.0. The molecule has 5 aliphatic carbocycles. The molecule has 61 heavy (non-hydrogen) atoms. The number of carbonyl (C=O) groups is 2. The molecule has 2 spiro atoms. The smallest absolute Gasteiger partial charge is 0.303 e. The highest BCUT2D eigenvalue weighted by atomic mass is 16.7. The van der Waals surface area contributed by atoms with Crippen LogP contribution in [0.5, 0.6) is 0 Å². The molecule has 21 atom stereocenters. The minimum atomic E-state index is -1.64. The van der Waals surface area contributed by atoms with Crippen LogP contribution in [0.4, 0.5) is 0 Å². The van der Waals surface area contributed by atoms with Crippen LogP contribution >= 0.6 is 0 Å². The third-order valence-corrected chi connectivity index (χ3v) is 17.8. The second-order valence-electron chi connectivity index (χ2n) is 21.9. The molecule has 0 unspecified atom stereocenters. The number of fused-ring (bicyclic) bond motifs is 2. The van der Waals surface area contributed by atoms with Gasteiger partial charge in [0.1, 0.15) is 30.5 Å². The molecule has 2 aliphatic heterocycles. The first-order valence-corrected chi connectivity index (χ1v) is 22.6. The standard InChI is InChI=1S/C45H74O16/c1-21(10-11-29(51)41(6,7)55)31-24(49)17-43(9)28-16-26(59-38-34(54)33(53)32(52)27(18-46)60-38)37-40(4,5)30(12-13-45(37)20-44(28,45)15-14-42(31,43)8)61-39-36(58-23(3)48)35(57-22(2)47)25(50)19-56-39/h21,24-39,46,49-55H,10-20H2,1-9H3/t21-,24+,25-,26+,27-,28+,29+,30+,31+,32-,33+,34-,35+,36-,37+,38-,39+,42-,43+,44+,45-/m1/s1. The molecule has 7 rings (SSSR count). The van der Waals surface area contributed by atoms with E-state index in [-0.39, 0.29) is 51.9 Å². The predicted octanol–water partition coefficient (Wildman–Crippen LogP) is 1.71. The Morgan fingerprint density at radius 3 is 2.10 bits per heavy atom. The summed E-state index contributed by atoms with van der Waals surface area (Å²) in [4.78, 5) is 24.4. The second-order valence-corrected chi connectivity index (χ2v) is 21.9. The Kier molecular flexibility index (Phi) is 12.8. The van der Waals surface area contributed by atoms with Crippen LogP contribution in [0.3, 0.4) is 0 Å². The van der Waals surface area contributed by atoms with Gasteiger partial charge in [-0.1, -0.05) is 34.6 Å². The third kappa shape index (κ3) is 7.61. The van der Waals surface area contributed by atoms with Crippen molar-refractivity contribution >= 4 is 11.9 Å². The maximum atomic E-state index is 12.3. The Labute approximate surface area is 359 Å². The van der Waals surface area contributed by atoms with E-state index in [0.717, 1.165) is 25.7 Å². The maximum absolute atomic E-state index is 12.3. The van der Waals surface area contributed by atoms with Gasteiger partial charge in [0.25, 0.3) is 0 Å². The summed E-state index contributed by atoms with van der Waals surface area (Å²) in [6, 6.07) is 0. The molecule has 8 N–H and O–H groups in total. The Bertz CT molecular complexity index is 1620. The molecule has 2 saturated heterocycles. The van der Waals surface area contributed by atoms with Crippen molar-refractivity contribution in [2.24, 2.45) is 50.7 Å². The Hall–Kier alpha value is -1.54. The van der Waals surface area contributed by atoms with Gasteiger partial charge in [-0.15, -0.1) is 0 Å². The quantitative estimate of drug-likeness (QED) is 0.103. The molecule has 7 fully saturated rings. The van der Waals surface area contributed by atoms with Crippen molar-refractivity contribution in [3.05, 3.63) is 0 Å². The van der Waals surface area contributed by atoms with E-state index in [2.05, 4.69) is 34.6 Å². The molecule has 0 amide bonds. The SMILES string of the molecule is CC(=O)O[C@@H]1[C@@H](OC(C)=O)[C@H](O[C@H]2CC[C@]34C[C@]35CC[C@]3(C)[C@@H]([C@H](C)CC[C@H](O)C(C)(C)O)[C@@H](O)C[C@@]3(C)[C@@H]5C[C@H](O[C@@H]3O[C@H](CO)[C@@H](O)[C@H](O)[C@H]3O)[C@H]4C2(C)C)OC[C@H]1O. The lowest BCUT2D eigenvalue weighted by molar-refractivity contribution is -0.339. The highest BCUT2D eigenvalue weighted by Gasteiger charge is 2.85. The second kappa shape index (κ2) is 16.4.